The predicted molar refractivity (Wildman–Crippen MR) is 114 cm³/mol. The summed E-state index contributed by atoms with van der Waals surface area (Å²) in [5, 5.41) is 1.28. The number of benzene rings is 1. The van der Waals surface area contributed by atoms with Crippen LogP contribution in [0.4, 0.5) is 8.78 Å². The van der Waals surface area contributed by atoms with Gasteiger partial charge in [-0.2, -0.15) is 8.78 Å². The molecule has 3 heterocycles. The van der Waals surface area contributed by atoms with Crippen LogP contribution in [0.3, 0.4) is 0 Å². The van der Waals surface area contributed by atoms with Crippen molar-refractivity contribution in [1.29, 1.82) is 0 Å². The van der Waals surface area contributed by atoms with Crippen LogP contribution in [0.1, 0.15) is 42.2 Å². The fourth-order valence-electron chi connectivity index (χ4n) is 3.55. The van der Waals surface area contributed by atoms with Gasteiger partial charge in [-0.05, 0) is 37.1 Å². The predicted octanol–water partition coefficient (Wildman–Crippen LogP) is 4.75. The number of thiazole rings is 1. The van der Waals surface area contributed by atoms with Crippen LogP contribution in [0.25, 0.3) is 16.7 Å². The number of pyridine rings is 1. The lowest BCUT2D eigenvalue weighted by atomic mass is 10.2. The molecule has 6 nitrogen and oxygen atoms in total. The highest BCUT2D eigenvalue weighted by molar-refractivity contribution is 7.09. The van der Waals surface area contributed by atoms with Gasteiger partial charge in [-0.3, -0.25) is 9.36 Å². The van der Waals surface area contributed by atoms with E-state index in [1.54, 1.807) is 12.3 Å². The van der Waals surface area contributed by atoms with Crippen molar-refractivity contribution in [2.45, 2.75) is 38.2 Å². The number of hydrogen-bond acceptors (Lipinski definition) is 5. The van der Waals surface area contributed by atoms with Crippen LogP contribution in [0.15, 0.2) is 46.7 Å². The smallest absolute Gasteiger partial charge is 0.296 e. The summed E-state index contributed by atoms with van der Waals surface area (Å²) in [5.74, 6) is -0.985. The Kier molecular flexibility index (Phi) is 4.65. The lowest BCUT2D eigenvalue weighted by Gasteiger charge is -2.09. The zero-order chi connectivity index (χ0) is 21.8. The monoisotopic (exact) mass is 442 g/mol. The second-order valence-electron chi connectivity index (χ2n) is 7.87. The molecule has 31 heavy (non-hydrogen) atoms. The number of halogens is 2. The summed E-state index contributed by atoms with van der Waals surface area (Å²) in [6.07, 6.45) is 3.99. The molecule has 0 atom stereocenters. The molecule has 0 N–H and O–H groups in total. The number of ether oxygens (including phenoxy) is 1. The number of nitrogens with zero attached hydrogens (tertiary/aromatic N) is 4. The third-order valence-electron chi connectivity index (χ3n) is 5.32. The lowest BCUT2D eigenvalue weighted by Crippen LogP contribution is -2.16. The number of imidazole rings is 1. The van der Waals surface area contributed by atoms with Crippen molar-refractivity contribution in [2.24, 2.45) is 7.05 Å². The molecule has 5 rings (SSSR count). The summed E-state index contributed by atoms with van der Waals surface area (Å²) in [7, 11) is 2.00. The first-order chi connectivity index (χ1) is 14.8. The first-order valence-corrected chi connectivity index (χ1v) is 10.8. The zero-order valence-electron chi connectivity index (χ0n) is 17.0. The highest BCUT2D eigenvalue weighted by atomic mass is 32.1. The van der Waals surface area contributed by atoms with Crippen LogP contribution in [0.2, 0.25) is 0 Å². The molecule has 1 aliphatic rings. The Labute approximate surface area is 180 Å². The molecule has 0 saturated heterocycles. The second-order valence-corrected chi connectivity index (χ2v) is 8.73. The minimum atomic E-state index is -2.97. The van der Waals surface area contributed by atoms with Gasteiger partial charge >= 0.3 is 0 Å². The van der Waals surface area contributed by atoms with Gasteiger partial charge < -0.3 is 9.30 Å². The summed E-state index contributed by atoms with van der Waals surface area (Å²) in [6.45, 7) is 0.826. The van der Waals surface area contributed by atoms with Gasteiger partial charge in [0.25, 0.3) is 11.5 Å². The van der Waals surface area contributed by atoms with Crippen LogP contribution in [0, 0.1) is 0 Å². The maximum absolute atomic E-state index is 13.3. The zero-order valence-corrected chi connectivity index (χ0v) is 17.8. The highest BCUT2D eigenvalue weighted by Crippen LogP contribution is 2.40. The van der Waals surface area contributed by atoms with Crippen molar-refractivity contribution in [3.63, 3.8) is 0 Å². The molecular formula is C22H20F2N4O2S. The first-order valence-electron chi connectivity index (χ1n) is 9.94. The molecule has 4 aromatic rings. The molecule has 3 aromatic heterocycles. The Bertz CT molecular complexity index is 1330. The average Bonchev–Trinajstić information content (AvgIpc) is 3.35. The molecule has 1 saturated carbocycles. The van der Waals surface area contributed by atoms with Crippen LogP contribution in [-0.2, 0) is 19.6 Å². The Balaban J connectivity index is 1.36. The maximum atomic E-state index is 13.3. The van der Waals surface area contributed by atoms with Gasteiger partial charge in [0.15, 0.2) is 5.01 Å². The molecule has 0 bridgehead atoms. The van der Waals surface area contributed by atoms with Crippen LogP contribution < -0.4 is 10.3 Å². The highest BCUT2D eigenvalue weighted by Gasteiger charge is 2.29. The van der Waals surface area contributed by atoms with E-state index in [0.29, 0.717) is 17.4 Å². The van der Waals surface area contributed by atoms with Crippen molar-refractivity contribution < 1.29 is 13.5 Å². The molecule has 9 heteroatoms. The van der Waals surface area contributed by atoms with E-state index in [4.69, 9.17) is 9.72 Å². The number of rotatable bonds is 6. The van der Waals surface area contributed by atoms with E-state index in [9.17, 15) is 13.6 Å². The minimum absolute atomic E-state index is 0.0148. The Morgan fingerprint density at radius 3 is 2.71 bits per heavy atom. The van der Waals surface area contributed by atoms with E-state index in [2.05, 4.69) is 9.55 Å². The van der Waals surface area contributed by atoms with E-state index < -0.39 is 5.92 Å². The molecular weight excluding hydrogens is 422 g/mol. The second kappa shape index (κ2) is 7.26. The van der Waals surface area contributed by atoms with Crippen molar-refractivity contribution in [2.75, 3.05) is 0 Å². The molecule has 1 fully saturated rings. The number of alkyl halides is 2. The molecule has 1 aromatic carbocycles. The standard InChI is InChI=1S/C22H20F2N4O2S/c1-22(23,24)21-25-14(12-31-21)11-30-16-7-8-28(19(29)10-16)15-5-6-17-18(9-15)27(2)20(26-17)13-3-4-13/h5-10,12-13H,3-4,11H2,1-2H3. The van der Waals surface area contributed by atoms with Crippen LogP contribution in [0.5, 0.6) is 5.75 Å². The third-order valence-corrected chi connectivity index (χ3v) is 6.39. The number of aryl methyl sites for hydroxylation is 1. The molecule has 0 aliphatic heterocycles. The third kappa shape index (κ3) is 3.85. The number of fused-ring (bicyclic) bond motifs is 1. The quantitative estimate of drug-likeness (QED) is 0.432. The van der Waals surface area contributed by atoms with Crippen molar-refractivity contribution in [1.82, 2.24) is 19.1 Å². The van der Waals surface area contributed by atoms with Gasteiger partial charge in [0.05, 0.1) is 22.4 Å². The summed E-state index contributed by atoms with van der Waals surface area (Å²) in [4.78, 5) is 21.3. The van der Waals surface area contributed by atoms with Gasteiger partial charge in [-0.25, -0.2) is 9.97 Å². The SMILES string of the molecule is Cn1c(C2CC2)nc2ccc(-n3ccc(OCc4csc(C(C)(F)F)n4)cc3=O)cc21. The van der Waals surface area contributed by atoms with Crippen molar-refractivity contribution in [3.8, 4) is 11.4 Å². The van der Waals surface area contributed by atoms with Crippen molar-refractivity contribution in [3.05, 3.63) is 68.8 Å². The summed E-state index contributed by atoms with van der Waals surface area (Å²) >= 11 is 0.890. The summed E-state index contributed by atoms with van der Waals surface area (Å²) in [6, 6.07) is 8.81. The van der Waals surface area contributed by atoms with Gasteiger partial charge in [0, 0.05) is 37.5 Å². The minimum Gasteiger partial charge on any atom is -0.487 e. The molecule has 0 radical (unpaired) electrons. The summed E-state index contributed by atoms with van der Waals surface area (Å²) < 4.78 is 35.8. The van der Waals surface area contributed by atoms with E-state index >= 15 is 0 Å². The lowest BCUT2D eigenvalue weighted by molar-refractivity contribution is 0.0170. The van der Waals surface area contributed by atoms with E-state index in [0.717, 1.165) is 40.8 Å². The van der Waals surface area contributed by atoms with E-state index in [-0.39, 0.29) is 17.2 Å². The molecule has 0 spiro atoms. The topological polar surface area (TPSA) is 61.9 Å². The van der Waals surface area contributed by atoms with E-state index in [1.165, 1.54) is 28.9 Å². The van der Waals surface area contributed by atoms with Gasteiger partial charge in [-0.15, -0.1) is 11.3 Å². The molecule has 1 aliphatic carbocycles. The number of hydrogen-bond donors (Lipinski definition) is 0. The maximum Gasteiger partial charge on any atom is 0.296 e. The average molecular weight is 442 g/mol. The van der Waals surface area contributed by atoms with Crippen LogP contribution >= 0.6 is 11.3 Å². The normalized spacial score (nSPS) is 14.3. The molecule has 0 amide bonds. The Morgan fingerprint density at radius 2 is 2.03 bits per heavy atom. The fraction of sp³-hybridized carbons (Fsp3) is 0.318. The Hall–Kier alpha value is -3.07. The first kappa shape index (κ1) is 19.9. The fourth-order valence-corrected chi connectivity index (χ4v) is 4.29. The Morgan fingerprint density at radius 1 is 1.23 bits per heavy atom. The van der Waals surface area contributed by atoms with Crippen molar-refractivity contribution >= 4 is 22.4 Å². The van der Waals surface area contributed by atoms with E-state index in [1.807, 2.05) is 25.2 Å². The molecule has 0 unspecified atom stereocenters. The molecule has 160 valence electrons. The largest absolute Gasteiger partial charge is 0.487 e. The number of aromatic nitrogens is 4. The van der Waals surface area contributed by atoms with Gasteiger partial charge in [0.1, 0.15) is 18.2 Å². The van der Waals surface area contributed by atoms with Gasteiger partial charge in [-0.1, -0.05) is 0 Å². The van der Waals surface area contributed by atoms with Crippen LogP contribution in [-0.4, -0.2) is 19.1 Å². The summed E-state index contributed by atoms with van der Waals surface area (Å²) in [5.41, 5.74) is 2.79. The van der Waals surface area contributed by atoms with Gasteiger partial charge in [0.2, 0.25) is 0 Å².